The fourth-order valence-electron chi connectivity index (χ4n) is 3.01. The highest BCUT2D eigenvalue weighted by Crippen LogP contribution is 2.23. The molecule has 2 aliphatic heterocycles. The van der Waals surface area contributed by atoms with Crippen molar-refractivity contribution in [2.75, 3.05) is 19.6 Å². The van der Waals surface area contributed by atoms with Crippen molar-refractivity contribution in [1.82, 2.24) is 10.2 Å². The molecular formula is C13H24N2O. The quantitative estimate of drug-likeness (QED) is 0.775. The van der Waals surface area contributed by atoms with Crippen LogP contribution in [0.4, 0.5) is 0 Å². The van der Waals surface area contributed by atoms with Crippen LogP contribution in [0.5, 0.6) is 0 Å². The maximum atomic E-state index is 12.4. The SMILES string of the molecule is CCC1CCCCN1C(=O)[C@H]1CCCNC1. The summed E-state index contributed by atoms with van der Waals surface area (Å²) in [7, 11) is 0. The van der Waals surface area contributed by atoms with Gasteiger partial charge in [0.25, 0.3) is 0 Å². The van der Waals surface area contributed by atoms with Gasteiger partial charge in [0.1, 0.15) is 0 Å². The average molecular weight is 224 g/mol. The second-order valence-electron chi connectivity index (χ2n) is 5.13. The van der Waals surface area contributed by atoms with Gasteiger partial charge in [-0.15, -0.1) is 0 Å². The summed E-state index contributed by atoms with van der Waals surface area (Å²) < 4.78 is 0. The highest BCUT2D eigenvalue weighted by molar-refractivity contribution is 5.79. The van der Waals surface area contributed by atoms with Gasteiger partial charge in [0.2, 0.25) is 5.91 Å². The molecule has 16 heavy (non-hydrogen) atoms. The van der Waals surface area contributed by atoms with Crippen LogP contribution in [0.1, 0.15) is 45.4 Å². The Labute approximate surface area is 98.6 Å². The van der Waals surface area contributed by atoms with Crippen molar-refractivity contribution in [2.24, 2.45) is 5.92 Å². The molecule has 2 aliphatic rings. The molecule has 92 valence electrons. The number of carbonyl (C=O) groups excluding carboxylic acids is 1. The lowest BCUT2D eigenvalue weighted by molar-refractivity contribution is -0.139. The van der Waals surface area contributed by atoms with Gasteiger partial charge in [-0.1, -0.05) is 6.92 Å². The Morgan fingerprint density at radius 3 is 2.88 bits per heavy atom. The summed E-state index contributed by atoms with van der Waals surface area (Å²) in [6, 6.07) is 0.517. The van der Waals surface area contributed by atoms with E-state index in [4.69, 9.17) is 0 Å². The molecule has 0 aliphatic carbocycles. The van der Waals surface area contributed by atoms with Crippen molar-refractivity contribution in [2.45, 2.75) is 51.5 Å². The maximum Gasteiger partial charge on any atom is 0.227 e. The fourth-order valence-corrected chi connectivity index (χ4v) is 3.01. The Bertz CT molecular complexity index is 236. The topological polar surface area (TPSA) is 32.3 Å². The van der Waals surface area contributed by atoms with Gasteiger partial charge >= 0.3 is 0 Å². The summed E-state index contributed by atoms with van der Waals surface area (Å²) in [5.74, 6) is 0.666. The predicted molar refractivity (Wildman–Crippen MR) is 65.2 cm³/mol. The fraction of sp³-hybridized carbons (Fsp3) is 0.923. The molecule has 0 aromatic heterocycles. The minimum absolute atomic E-state index is 0.251. The van der Waals surface area contributed by atoms with Gasteiger partial charge in [-0.2, -0.15) is 0 Å². The van der Waals surface area contributed by atoms with Crippen LogP contribution < -0.4 is 5.32 Å². The van der Waals surface area contributed by atoms with Gasteiger partial charge in [-0.3, -0.25) is 4.79 Å². The molecule has 1 amide bonds. The molecule has 0 bridgehead atoms. The van der Waals surface area contributed by atoms with E-state index in [0.717, 1.165) is 38.9 Å². The van der Waals surface area contributed by atoms with E-state index in [1.165, 1.54) is 19.3 Å². The largest absolute Gasteiger partial charge is 0.339 e. The van der Waals surface area contributed by atoms with Crippen molar-refractivity contribution in [3.63, 3.8) is 0 Å². The molecule has 2 atom stereocenters. The Morgan fingerprint density at radius 1 is 1.31 bits per heavy atom. The standard InChI is InChI=1S/C13H24N2O/c1-2-12-7-3-4-9-15(12)13(16)11-6-5-8-14-10-11/h11-12,14H,2-10H2,1H3/t11-,12?/m0/s1. The highest BCUT2D eigenvalue weighted by atomic mass is 16.2. The summed E-state index contributed by atoms with van der Waals surface area (Å²) in [5.41, 5.74) is 0. The molecule has 0 aromatic rings. The van der Waals surface area contributed by atoms with E-state index >= 15 is 0 Å². The van der Waals surface area contributed by atoms with E-state index < -0.39 is 0 Å². The second-order valence-corrected chi connectivity index (χ2v) is 5.13. The smallest absolute Gasteiger partial charge is 0.227 e. The van der Waals surface area contributed by atoms with Crippen molar-refractivity contribution in [3.8, 4) is 0 Å². The minimum Gasteiger partial charge on any atom is -0.339 e. The van der Waals surface area contributed by atoms with Crippen molar-refractivity contribution in [1.29, 1.82) is 0 Å². The zero-order valence-electron chi connectivity index (χ0n) is 10.4. The van der Waals surface area contributed by atoms with Gasteiger partial charge in [-0.25, -0.2) is 0 Å². The van der Waals surface area contributed by atoms with Crippen LogP contribution in [0, 0.1) is 5.92 Å². The number of nitrogens with zero attached hydrogens (tertiary/aromatic N) is 1. The lowest BCUT2D eigenvalue weighted by Crippen LogP contribution is -2.49. The molecule has 0 spiro atoms. The van der Waals surface area contributed by atoms with Crippen LogP contribution in [0.2, 0.25) is 0 Å². The third-order valence-electron chi connectivity index (χ3n) is 4.03. The molecule has 2 heterocycles. The highest BCUT2D eigenvalue weighted by Gasteiger charge is 2.31. The molecule has 2 fully saturated rings. The summed E-state index contributed by atoms with van der Waals surface area (Å²) in [5, 5.41) is 3.34. The van der Waals surface area contributed by atoms with E-state index in [9.17, 15) is 4.79 Å². The number of hydrogen-bond donors (Lipinski definition) is 1. The molecule has 1 unspecified atom stereocenters. The van der Waals surface area contributed by atoms with Gasteiger partial charge in [0, 0.05) is 19.1 Å². The lowest BCUT2D eigenvalue weighted by atomic mass is 9.93. The maximum absolute atomic E-state index is 12.4. The van der Waals surface area contributed by atoms with E-state index in [2.05, 4.69) is 17.1 Å². The Hall–Kier alpha value is -0.570. The third kappa shape index (κ3) is 2.57. The molecule has 3 heteroatoms. The molecule has 1 N–H and O–H groups in total. The molecule has 3 nitrogen and oxygen atoms in total. The monoisotopic (exact) mass is 224 g/mol. The first-order valence-electron chi connectivity index (χ1n) is 6.84. The minimum atomic E-state index is 0.251. The number of nitrogens with one attached hydrogen (secondary N) is 1. The zero-order chi connectivity index (χ0) is 11.4. The van der Waals surface area contributed by atoms with Gasteiger partial charge in [-0.05, 0) is 45.1 Å². The number of likely N-dealkylation sites (tertiary alicyclic amines) is 1. The van der Waals surface area contributed by atoms with Crippen LogP contribution in [0.3, 0.4) is 0 Å². The Balaban J connectivity index is 1.95. The number of amides is 1. The normalized spacial score (nSPS) is 31.4. The van der Waals surface area contributed by atoms with E-state index in [1.807, 2.05) is 0 Å². The van der Waals surface area contributed by atoms with Gasteiger partial charge in [0.15, 0.2) is 0 Å². The van der Waals surface area contributed by atoms with Crippen molar-refractivity contribution >= 4 is 5.91 Å². The average Bonchev–Trinajstić information content (AvgIpc) is 2.39. The van der Waals surface area contributed by atoms with Crippen molar-refractivity contribution in [3.05, 3.63) is 0 Å². The van der Waals surface area contributed by atoms with Gasteiger partial charge in [0.05, 0.1) is 5.92 Å². The molecule has 2 saturated heterocycles. The molecule has 0 saturated carbocycles. The predicted octanol–water partition coefficient (Wildman–Crippen LogP) is 1.78. The third-order valence-corrected chi connectivity index (χ3v) is 4.03. The van der Waals surface area contributed by atoms with E-state index in [-0.39, 0.29) is 5.92 Å². The molecular weight excluding hydrogens is 200 g/mol. The summed E-state index contributed by atoms with van der Waals surface area (Å²) in [4.78, 5) is 14.6. The van der Waals surface area contributed by atoms with Crippen LogP contribution in [-0.2, 0) is 4.79 Å². The molecule has 2 rings (SSSR count). The molecule has 0 radical (unpaired) electrons. The summed E-state index contributed by atoms with van der Waals surface area (Å²) in [6.45, 7) is 5.18. The first-order valence-corrected chi connectivity index (χ1v) is 6.84. The Kier molecular flexibility index (Phi) is 4.22. The first kappa shape index (κ1) is 11.9. The van der Waals surface area contributed by atoms with Crippen LogP contribution in [0.15, 0.2) is 0 Å². The zero-order valence-corrected chi connectivity index (χ0v) is 10.4. The first-order chi connectivity index (χ1) is 7.83. The molecule has 0 aromatic carbocycles. The van der Waals surface area contributed by atoms with Crippen molar-refractivity contribution < 1.29 is 4.79 Å². The summed E-state index contributed by atoms with van der Waals surface area (Å²) in [6.07, 6.45) is 7.06. The van der Waals surface area contributed by atoms with Crippen LogP contribution in [-0.4, -0.2) is 36.5 Å². The van der Waals surface area contributed by atoms with Crippen LogP contribution in [0.25, 0.3) is 0 Å². The van der Waals surface area contributed by atoms with Gasteiger partial charge < -0.3 is 10.2 Å². The summed E-state index contributed by atoms with van der Waals surface area (Å²) >= 11 is 0. The van der Waals surface area contributed by atoms with Crippen LogP contribution >= 0.6 is 0 Å². The number of carbonyl (C=O) groups is 1. The van der Waals surface area contributed by atoms with E-state index in [0.29, 0.717) is 11.9 Å². The lowest BCUT2D eigenvalue weighted by Gasteiger charge is -2.38. The van der Waals surface area contributed by atoms with E-state index in [1.54, 1.807) is 0 Å². The number of hydrogen-bond acceptors (Lipinski definition) is 2. The Morgan fingerprint density at radius 2 is 2.19 bits per heavy atom. The second kappa shape index (κ2) is 5.67. The number of rotatable bonds is 2. The number of piperidine rings is 2.